The number of aromatic nitrogens is 2. The van der Waals surface area contributed by atoms with Gasteiger partial charge < -0.3 is 55.3 Å². The number of ether oxygens (including phenoxy) is 3. The van der Waals surface area contributed by atoms with Gasteiger partial charge in [0.2, 0.25) is 0 Å². The van der Waals surface area contributed by atoms with Crippen molar-refractivity contribution in [3.05, 3.63) is 59.2 Å². The third kappa shape index (κ3) is 26.0. The molecule has 23 heteroatoms. The molecule has 0 spiro atoms. The van der Waals surface area contributed by atoms with Crippen molar-refractivity contribution in [2.45, 2.75) is 210 Å². The van der Waals surface area contributed by atoms with Gasteiger partial charge in [-0.1, -0.05) is 121 Å². The molecule has 418 valence electrons. The lowest BCUT2D eigenvalue weighted by molar-refractivity contribution is -0.194. The van der Waals surface area contributed by atoms with E-state index in [1.165, 1.54) is 62.9 Å². The zero-order chi connectivity index (χ0) is 53.7. The van der Waals surface area contributed by atoms with Crippen LogP contribution in [0, 0.1) is 11.8 Å². The summed E-state index contributed by atoms with van der Waals surface area (Å²) < 4.78 is 59.1. The van der Waals surface area contributed by atoms with E-state index < -0.39 is 120 Å². The Hall–Kier alpha value is -3.14. The zero-order valence-electron chi connectivity index (χ0n) is 42.8. The number of phosphoric acid groups is 2. The van der Waals surface area contributed by atoms with Crippen LogP contribution in [0.4, 0.5) is 5.82 Å². The van der Waals surface area contributed by atoms with Crippen LogP contribution >= 0.6 is 15.6 Å². The van der Waals surface area contributed by atoms with Crippen LogP contribution in [0.3, 0.4) is 0 Å². The smallest absolute Gasteiger partial charge is 0.462 e. The van der Waals surface area contributed by atoms with Gasteiger partial charge >= 0.3 is 33.3 Å². The number of allylic oxidation sites excluding steroid dienone is 4. The van der Waals surface area contributed by atoms with Crippen molar-refractivity contribution in [1.29, 1.82) is 0 Å². The predicted octanol–water partition coefficient (Wildman–Crippen LogP) is 7.16. The van der Waals surface area contributed by atoms with Gasteiger partial charge in [-0.25, -0.2) is 13.9 Å². The molecule has 0 amide bonds. The quantitative estimate of drug-likeness (QED) is 0.0233. The highest BCUT2D eigenvalue weighted by atomic mass is 31.3. The van der Waals surface area contributed by atoms with E-state index in [1.807, 2.05) is 6.92 Å². The number of rotatable bonds is 23. The summed E-state index contributed by atoms with van der Waals surface area (Å²) in [5.74, 6) is -4.16. The van der Waals surface area contributed by atoms with Crippen molar-refractivity contribution in [1.82, 2.24) is 9.55 Å². The molecular formula is C50H85N3O18P2. The molecule has 2 unspecified atom stereocenters. The lowest BCUT2D eigenvalue weighted by atomic mass is 9.82. The number of carbonyl (C=O) groups is 2. The first-order chi connectivity index (χ1) is 34.9. The van der Waals surface area contributed by atoms with Crippen LogP contribution in [-0.4, -0.2) is 119 Å². The molecule has 1 saturated heterocycles. The highest BCUT2D eigenvalue weighted by molar-refractivity contribution is 7.61. The highest BCUT2D eigenvalue weighted by Gasteiger charge is 2.45. The number of unbranched alkanes of at least 4 members (excludes halogenated alkanes) is 13. The number of cyclic esters (lactones) is 1. The fraction of sp³-hybridized carbons (Fsp3) is 0.760. The number of esters is 2. The summed E-state index contributed by atoms with van der Waals surface area (Å²) in [6.45, 7) is 1.47. The maximum Gasteiger partial charge on any atom is 0.481 e. The Morgan fingerprint density at radius 1 is 0.849 bits per heavy atom. The second-order valence-electron chi connectivity index (χ2n) is 19.0. The molecule has 0 aliphatic carbocycles. The molecule has 0 aromatic carbocycles. The molecule has 73 heavy (non-hydrogen) atoms. The molecule has 1 fully saturated rings. The Balaban J connectivity index is 1.81. The summed E-state index contributed by atoms with van der Waals surface area (Å²) in [6.07, 6.45) is 14.8. The van der Waals surface area contributed by atoms with Gasteiger partial charge in [-0.05, 0) is 63.9 Å². The SMILES string of the molecule is CCCCCCCC/C=C\CCCCCCCC(=O)O[C@@H]1COC(=O)CCC/C=C\C[C@@H]2[C@H](n3ccc(N)nc3=O)O[C@H](COP(=O)(O)OP(=O)(O)OC1)[C@@H](O)[C@@H](O)[C@@H](C=C[C@@H](O)CCCCC)[C@H](O)C[C@@H]2O. The minimum atomic E-state index is -5.71. The first-order valence-electron chi connectivity index (χ1n) is 26.3. The number of hydrogen-bond acceptors (Lipinski definition) is 18. The lowest BCUT2D eigenvalue weighted by Gasteiger charge is -2.40. The van der Waals surface area contributed by atoms with Crippen LogP contribution in [0.15, 0.2) is 53.5 Å². The van der Waals surface area contributed by atoms with E-state index in [9.17, 15) is 58.8 Å². The summed E-state index contributed by atoms with van der Waals surface area (Å²) >= 11 is 0. The minimum Gasteiger partial charge on any atom is -0.462 e. The number of phosphoric ester groups is 2. The molecule has 12 atom stereocenters. The fourth-order valence-corrected chi connectivity index (χ4v) is 10.6. The molecule has 3 heterocycles. The van der Waals surface area contributed by atoms with E-state index >= 15 is 0 Å². The van der Waals surface area contributed by atoms with E-state index in [0.717, 1.165) is 55.9 Å². The molecule has 0 radical (unpaired) electrons. The van der Waals surface area contributed by atoms with Crippen LogP contribution in [0.25, 0.3) is 0 Å². The van der Waals surface area contributed by atoms with Crippen molar-refractivity contribution in [2.75, 3.05) is 25.6 Å². The van der Waals surface area contributed by atoms with Gasteiger partial charge in [0.25, 0.3) is 0 Å². The Morgan fingerprint density at radius 3 is 2.15 bits per heavy atom. The van der Waals surface area contributed by atoms with Crippen LogP contribution in [-0.2, 0) is 46.3 Å². The molecule has 1 aromatic heterocycles. The standard InChI is InChI=1S/C50H85N3O18P2/c1-3-5-7-8-9-10-11-12-13-14-15-16-17-18-24-28-46(58)69-38-34-66-45(57)27-23-20-19-22-26-40-42(56)33-41(55)39(30-29-37(54)25-21-6-4-2)47(59)48(60)43(36-68-73(64,65)71-72(62,63)67-35-38)70-49(40)53-32-31-44(51)52-50(53)61/h12-13,19,22,29-32,37-43,47-49,54-56,59-60H,3-11,14-18,20-21,23-28,33-36H2,1-2H3,(H,62,63)(H,64,65)(H2,51,52,61)/b13-12-,22-19-,30-29?/t37-,38+,39-,40-,41+,42-,43+,47-,48+,49+/m0/s1. The number of carbonyl (C=O) groups excluding carboxylic acids is 2. The predicted molar refractivity (Wildman–Crippen MR) is 272 cm³/mol. The second kappa shape index (κ2) is 35.2. The van der Waals surface area contributed by atoms with Crippen LogP contribution in [0.5, 0.6) is 0 Å². The summed E-state index contributed by atoms with van der Waals surface area (Å²) in [5, 5.41) is 57.5. The molecule has 2 aliphatic rings. The van der Waals surface area contributed by atoms with Gasteiger partial charge in [0, 0.05) is 37.3 Å². The third-order valence-electron chi connectivity index (χ3n) is 12.7. The average Bonchev–Trinajstić information content (AvgIpc) is 3.33. The number of nitrogen functional groups attached to an aromatic ring is 1. The van der Waals surface area contributed by atoms with E-state index in [2.05, 4.69) is 28.4 Å². The van der Waals surface area contributed by atoms with Gasteiger partial charge in [-0.3, -0.25) is 23.2 Å². The molecule has 1 aromatic rings. The molecule has 2 bridgehead atoms. The maximum absolute atomic E-state index is 13.4. The van der Waals surface area contributed by atoms with Crippen molar-refractivity contribution < 1.29 is 81.6 Å². The number of nitrogens with two attached hydrogens (primary N) is 1. The summed E-state index contributed by atoms with van der Waals surface area (Å²) in [5.41, 5.74) is 4.78. The lowest BCUT2D eigenvalue weighted by Crippen LogP contribution is -2.52. The Bertz CT molecular complexity index is 1990. The van der Waals surface area contributed by atoms with E-state index in [4.69, 9.17) is 29.0 Å². The molecule has 9 N–H and O–H groups in total. The molecule has 0 saturated carbocycles. The normalized spacial score (nSPS) is 30.6. The maximum atomic E-state index is 13.4. The van der Waals surface area contributed by atoms with Crippen LogP contribution in [0.1, 0.15) is 168 Å². The Kier molecular flexibility index (Phi) is 31.0. The van der Waals surface area contributed by atoms with E-state index in [-0.39, 0.29) is 31.5 Å². The molecule has 21 nitrogen and oxygen atoms in total. The summed E-state index contributed by atoms with van der Waals surface area (Å²) in [7, 11) is -11.3. The molecule has 2 aliphatic heterocycles. The molecular weight excluding hydrogens is 993 g/mol. The van der Waals surface area contributed by atoms with Gasteiger partial charge in [0.05, 0.1) is 37.6 Å². The second-order valence-corrected chi connectivity index (χ2v) is 22.0. The number of anilines is 1. The monoisotopic (exact) mass is 1080 g/mol. The van der Waals surface area contributed by atoms with Crippen molar-refractivity contribution >= 4 is 33.4 Å². The summed E-state index contributed by atoms with van der Waals surface area (Å²) in [6, 6.07) is 1.24. The Labute approximate surface area is 430 Å². The molecule has 3 rings (SSSR count). The van der Waals surface area contributed by atoms with E-state index in [0.29, 0.717) is 25.7 Å². The number of aliphatic hydroxyl groups is 5. The fourth-order valence-electron chi connectivity index (χ4n) is 8.52. The van der Waals surface area contributed by atoms with Crippen molar-refractivity contribution in [3.8, 4) is 0 Å². The average molecular weight is 1080 g/mol. The first-order valence-corrected chi connectivity index (χ1v) is 29.2. The van der Waals surface area contributed by atoms with Crippen molar-refractivity contribution in [3.63, 3.8) is 0 Å². The minimum absolute atomic E-state index is 0.00902. The van der Waals surface area contributed by atoms with Crippen LogP contribution in [0.2, 0.25) is 0 Å². The van der Waals surface area contributed by atoms with Gasteiger partial charge in [0.1, 0.15) is 30.9 Å². The largest absolute Gasteiger partial charge is 0.481 e. The van der Waals surface area contributed by atoms with E-state index in [1.54, 1.807) is 12.2 Å². The zero-order valence-corrected chi connectivity index (χ0v) is 44.6. The summed E-state index contributed by atoms with van der Waals surface area (Å²) in [4.78, 5) is 64.2. The van der Waals surface area contributed by atoms with Gasteiger partial charge in [-0.15, -0.1) is 0 Å². The van der Waals surface area contributed by atoms with Crippen LogP contribution < -0.4 is 11.4 Å². The Morgan fingerprint density at radius 2 is 1.48 bits per heavy atom. The first kappa shape index (κ1) is 64.1. The van der Waals surface area contributed by atoms with Gasteiger partial charge in [-0.2, -0.15) is 9.29 Å². The number of nitrogens with zero attached hydrogens (tertiary/aromatic N) is 2. The third-order valence-corrected chi connectivity index (χ3v) is 15.3. The number of aliphatic hydroxyl groups excluding tert-OH is 5. The van der Waals surface area contributed by atoms with Crippen molar-refractivity contribution in [2.24, 2.45) is 11.8 Å². The van der Waals surface area contributed by atoms with Gasteiger partial charge in [0.15, 0.2) is 6.10 Å². The topological polar surface area (TPSA) is 326 Å². The number of fused-ring (bicyclic) bond motifs is 3. The highest BCUT2D eigenvalue weighted by Crippen LogP contribution is 2.60. The number of hydrogen-bond donors (Lipinski definition) is 8.